The smallest absolute Gasteiger partial charge is 0.263 e. The third-order valence-electron chi connectivity index (χ3n) is 5.80. The van der Waals surface area contributed by atoms with Crippen molar-refractivity contribution < 1.29 is 14.0 Å². The fraction of sp³-hybridized carbons (Fsp3) is 0.280. The van der Waals surface area contributed by atoms with Gasteiger partial charge in [0.25, 0.3) is 5.56 Å². The van der Waals surface area contributed by atoms with Gasteiger partial charge in [0.2, 0.25) is 0 Å². The number of nitrogens with one attached hydrogen (secondary N) is 1. The number of thiophene rings is 1. The molecule has 0 aliphatic rings. The van der Waals surface area contributed by atoms with Gasteiger partial charge in [0.05, 0.1) is 16.8 Å². The molecule has 3 aromatic heterocycles. The van der Waals surface area contributed by atoms with Crippen molar-refractivity contribution >= 4 is 44.9 Å². The monoisotopic (exact) mass is 497 g/mol. The molecule has 0 aliphatic carbocycles. The fourth-order valence-corrected chi connectivity index (χ4v) is 6.31. The van der Waals surface area contributed by atoms with E-state index in [1.54, 1.807) is 30.5 Å². The van der Waals surface area contributed by atoms with Gasteiger partial charge in [-0.15, -0.1) is 11.3 Å². The summed E-state index contributed by atoms with van der Waals surface area (Å²) in [6, 6.07) is 6.08. The van der Waals surface area contributed by atoms with Gasteiger partial charge in [-0.1, -0.05) is 23.9 Å². The van der Waals surface area contributed by atoms with Crippen molar-refractivity contribution in [3.63, 3.8) is 0 Å². The van der Waals surface area contributed by atoms with E-state index < -0.39 is 0 Å². The number of ketones is 2. The zero-order chi connectivity index (χ0) is 24.7. The Labute approximate surface area is 204 Å². The first kappa shape index (κ1) is 24.1. The molecular weight excluding hydrogens is 473 g/mol. The lowest BCUT2D eigenvalue weighted by molar-refractivity contribution is 0.101. The Kier molecular flexibility index (Phi) is 6.60. The molecule has 1 aromatic carbocycles. The lowest BCUT2D eigenvalue weighted by Crippen LogP contribution is -2.22. The molecule has 176 valence electrons. The molecule has 4 aromatic rings. The number of aromatic nitrogens is 3. The summed E-state index contributed by atoms with van der Waals surface area (Å²) < 4.78 is 15.0. The molecule has 0 saturated carbocycles. The number of hydrogen-bond acceptors (Lipinski definition) is 6. The van der Waals surface area contributed by atoms with Gasteiger partial charge in [-0.3, -0.25) is 19.0 Å². The van der Waals surface area contributed by atoms with Crippen molar-refractivity contribution in [3.05, 3.63) is 67.8 Å². The first-order valence-corrected chi connectivity index (χ1v) is 12.6. The first-order valence-electron chi connectivity index (χ1n) is 10.8. The molecule has 34 heavy (non-hydrogen) atoms. The molecule has 0 radical (unpaired) electrons. The maximum absolute atomic E-state index is 13.5. The Balaban J connectivity index is 1.71. The number of nitrogens with zero attached hydrogens (tertiary/aromatic N) is 2. The molecule has 0 aliphatic heterocycles. The van der Waals surface area contributed by atoms with Gasteiger partial charge >= 0.3 is 0 Å². The normalized spacial score (nSPS) is 11.4. The number of halogens is 1. The SMILES string of the molecule is CCn1c(SCC(=O)c2[nH]c(C)c(C(C)=O)c2C)nc2sc(C)c(-c3ccc(F)cc3)c2c1=O. The van der Waals surface area contributed by atoms with Crippen LogP contribution in [0.25, 0.3) is 21.3 Å². The average Bonchev–Trinajstić information content (AvgIpc) is 3.28. The quantitative estimate of drug-likeness (QED) is 0.201. The maximum Gasteiger partial charge on any atom is 0.263 e. The highest BCUT2D eigenvalue weighted by atomic mass is 32.2. The van der Waals surface area contributed by atoms with Crippen LogP contribution < -0.4 is 5.56 Å². The van der Waals surface area contributed by atoms with Crippen LogP contribution in [0.2, 0.25) is 0 Å². The van der Waals surface area contributed by atoms with Gasteiger partial charge in [0.15, 0.2) is 16.7 Å². The predicted molar refractivity (Wildman–Crippen MR) is 135 cm³/mol. The molecule has 0 amide bonds. The predicted octanol–water partition coefficient (Wildman–Crippen LogP) is 5.71. The first-order chi connectivity index (χ1) is 16.1. The zero-order valence-corrected chi connectivity index (χ0v) is 21.2. The Morgan fingerprint density at radius 2 is 1.85 bits per heavy atom. The molecule has 0 spiro atoms. The average molecular weight is 498 g/mol. The number of carbonyl (C=O) groups is 2. The van der Waals surface area contributed by atoms with Crippen LogP contribution in [0.5, 0.6) is 0 Å². The Bertz CT molecular complexity index is 1500. The van der Waals surface area contributed by atoms with Crippen LogP contribution in [0, 0.1) is 26.6 Å². The second-order valence-electron chi connectivity index (χ2n) is 8.06. The van der Waals surface area contributed by atoms with E-state index in [1.807, 2.05) is 13.8 Å². The molecule has 0 saturated heterocycles. The van der Waals surface area contributed by atoms with E-state index in [0.29, 0.717) is 44.4 Å². The lowest BCUT2D eigenvalue weighted by atomic mass is 10.0. The molecule has 1 N–H and O–H groups in total. The van der Waals surface area contributed by atoms with E-state index in [4.69, 9.17) is 4.98 Å². The summed E-state index contributed by atoms with van der Waals surface area (Å²) in [5.41, 5.74) is 3.61. The van der Waals surface area contributed by atoms with Crippen LogP contribution in [-0.4, -0.2) is 31.9 Å². The number of H-pyrrole nitrogens is 1. The molecule has 0 atom stereocenters. The lowest BCUT2D eigenvalue weighted by Gasteiger charge is -2.10. The van der Waals surface area contributed by atoms with E-state index in [1.165, 1.54) is 42.2 Å². The summed E-state index contributed by atoms with van der Waals surface area (Å²) in [5.74, 6) is -0.513. The third-order valence-corrected chi connectivity index (χ3v) is 7.78. The molecule has 0 bridgehead atoms. The Morgan fingerprint density at radius 1 is 1.18 bits per heavy atom. The van der Waals surface area contributed by atoms with Gasteiger partial charge < -0.3 is 4.98 Å². The van der Waals surface area contributed by atoms with Crippen molar-refractivity contribution in [2.45, 2.75) is 46.3 Å². The molecule has 0 unspecified atom stereocenters. The van der Waals surface area contributed by atoms with Crippen LogP contribution in [0.3, 0.4) is 0 Å². The van der Waals surface area contributed by atoms with Crippen molar-refractivity contribution in [3.8, 4) is 11.1 Å². The van der Waals surface area contributed by atoms with Gasteiger partial charge in [-0.25, -0.2) is 9.37 Å². The zero-order valence-electron chi connectivity index (χ0n) is 19.5. The number of carbonyl (C=O) groups excluding carboxylic acids is 2. The van der Waals surface area contributed by atoms with E-state index in [-0.39, 0.29) is 28.7 Å². The number of aromatic amines is 1. The standard InChI is InChI=1S/C25H24FN3O3S2/c1-6-29-24(32)21-20(16-7-9-17(26)10-8-16)15(5)34-23(21)28-25(29)33-11-18(31)22-12(2)19(14(4)30)13(3)27-22/h7-10,27H,6,11H2,1-5H3. The number of hydrogen-bond donors (Lipinski definition) is 1. The minimum absolute atomic E-state index is 0.0747. The van der Waals surface area contributed by atoms with E-state index >= 15 is 0 Å². The number of fused-ring (bicyclic) bond motifs is 1. The highest BCUT2D eigenvalue weighted by molar-refractivity contribution is 7.99. The van der Waals surface area contributed by atoms with E-state index in [0.717, 1.165) is 16.0 Å². The number of Topliss-reactive ketones (excluding diaryl/α,β-unsaturated/α-hetero) is 2. The van der Waals surface area contributed by atoms with Crippen molar-refractivity contribution in [2.75, 3.05) is 5.75 Å². The number of benzene rings is 1. The topological polar surface area (TPSA) is 84.8 Å². The van der Waals surface area contributed by atoms with Gasteiger partial charge in [-0.05, 0) is 57.9 Å². The highest BCUT2D eigenvalue weighted by Crippen LogP contribution is 2.36. The maximum atomic E-state index is 13.5. The van der Waals surface area contributed by atoms with Crippen LogP contribution in [0.1, 0.15) is 50.8 Å². The fourth-order valence-electron chi connectivity index (χ4n) is 4.29. The largest absolute Gasteiger partial charge is 0.355 e. The second kappa shape index (κ2) is 9.31. The van der Waals surface area contributed by atoms with Crippen LogP contribution in [-0.2, 0) is 6.54 Å². The minimum Gasteiger partial charge on any atom is -0.355 e. The van der Waals surface area contributed by atoms with Crippen molar-refractivity contribution in [2.24, 2.45) is 0 Å². The number of rotatable bonds is 7. The summed E-state index contributed by atoms with van der Waals surface area (Å²) in [6.45, 7) is 9.18. The van der Waals surface area contributed by atoms with E-state index in [9.17, 15) is 18.8 Å². The van der Waals surface area contributed by atoms with Crippen molar-refractivity contribution in [1.29, 1.82) is 0 Å². The van der Waals surface area contributed by atoms with Gasteiger partial charge in [0, 0.05) is 28.2 Å². The molecule has 4 rings (SSSR count). The van der Waals surface area contributed by atoms with Crippen LogP contribution in [0.15, 0.2) is 34.2 Å². The summed E-state index contributed by atoms with van der Waals surface area (Å²) in [5, 5.41) is 0.974. The summed E-state index contributed by atoms with van der Waals surface area (Å²) in [7, 11) is 0. The molecular formula is C25H24FN3O3S2. The second-order valence-corrected chi connectivity index (χ2v) is 10.2. The van der Waals surface area contributed by atoms with Crippen LogP contribution in [0.4, 0.5) is 4.39 Å². The van der Waals surface area contributed by atoms with Gasteiger partial charge in [0.1, 0.15) is 10.6 Å². The summed E-state index contributed by atoms with van der Waals surface area (Å²) >= 11 is 2.61. The van der Waals surface area contributed by atoms with E-state index in [2.05, 4.69) is 4.98 Å². The Hall–Kier alpha value is -3.04. The third kappa shape index (κ3) is 4.14. The van der Waals surface area contributed by atoms with Gasteiger partial charge in [-0.2, -0.15) is 0 Å². The molecule has 6 nitrogen and oxygen atoms in total. The summed E-state index contributed by atoms with van der Waals surface area (Å²) in [4.78, 5) is 47.6. The number of thioether (sulfide) groups is 1. The molecule has 3 heterocycles. The van der Waals surface area contributed by atoms with Crippen LogP contribution >= 0.6 is 23.1 Å². The Morgan fingerprint density at radius 3 is 2.44 bits per heavy atom. The molecule has 9 heteroatoms. The highest BCUT2D eigenvalue weighted by Gasteiger charge is 2.23. The van der Waals surface area contributed by atoms with Crippen molar-refractivity contribution in [1.82, 2.24) is 14.5 Å². The molecule has 0 fully saturated rings. The minimum atomic E-state index is -0.337. The number of aryl methyl sites for hydroxylation is 2. The summed E-state index contributed by atoms with van der Waals surface area (Å²) in [6.07, 6.45) is 0.